The van der Waals surface area contributed by atoms with Crippen LogP contribution in [0.1, 0.15) is 12.8 Å². The summed E-state index contributed by atoms with van der Waals surface area (Å²) in [4.78, 5) is 23.9. The van der Waals surface area contributed by atoms with Gasteiger partial charge in [-0.15, -0.1) is 0 Å². The van der Waals surface area contributed by atoms with Crippen LogP contribution >= 0.6 is 0 Å². The monoisotopic (exact) mass is 168 g/mol. The zero-order valence-electron chi connectivity index (χ0n) is 6.82. The van der Waals surface area contributed by atoms with Crippen LogP contribution in [0.5, 0.6) is 0 Å². The summed E-state index contributed by atoms with van der Waals surface area (Å²) < 4.78 is 0. The molecule has 0 aromatic heterocycles. The maximum Gasteiger partial charge on any atom is 0.237 e. The highest BCUT2D eigenvalue weighted by atomic mass is 16.2. The molecular weight excluding hydrogens is 156 g/mol. The molecule has 4 nitrogen and oxygen atoms in total. The largest absolute Gasteiger partial charge is 0.344 e. The number of nitrogens with zero attached hydrogens (tertiary/aromatic N) is 1. The van der Waals surface area contributed by atoms with Gasteiger partial charge in [0.05, 0.1) is 12.1 Å². The van der Waals surface area contributed by atoms with Crippen molar-refractivity contribution in [2.24, 2.45) is 0 Å². The van der Waals surface area contributed by atoms with Gasteiger partial charge in [-0.3, -0.25) is 9.69 Å². The van der Waals surface area contributed by atoms with E-state index < -0.39 is 0 Å². The number of piperazine rings is 1. The van der Waals surface area contributed by atoms with Crippen LogP contribution in [0, 0.1) is 0 Å². The van der Waals surface area contributed by atoms with Crippen molar-refractivity contribution in [1.82, 2.24) is 10.2 Å². The van der Waals surface area contributed by atoms with Gasteiger partial charge < -0.3 is 10.1 Å². The molecule has 0 spiro atoms. The number of amides is 1. The molecule has 2 aliphatic rings. The van der Waals surface area contributed by atoms with Crippen molar-refractivity contribution in [3.05, 3.63) is 0 Å². The van der Waals surface area contributed by atoms with Crippen LogP contribution in [-0.2, 0) is 9.59 Å². The number of fused-ring (bicyclic) bond motifs is 1. The predicted molar refractivity (Wildman–Crippen MR) is 42.6 cm³/mol. The fourth-order valence-corrected chi connectivity index (χ4v) is 2.00. The molecule has 2 unspecified atom stereocenters. The Kier molecular flexibility index (Phi) is 1.84. The molecule has 66 valence electrons. The molecule has 0 bridgehead atoms. The Morgan fingerprint density at radius 3 is 3.17 bits per heavy atom. The molecule has 0 aliphatic carbocycles. The van der Waals surface area contributed by atoms with Crippen molar-refractivity contribution >= 4 is 12.2 Å². The predicted octanol–water partition coefficient (Wildman–Crippen LogP) is -0.852. The first-order chi connectivity index (χ1) is 5.81. The fourth-order valence-electron chi connectivity index (χ4n) is 2.00. The van der Waals surface area contributed by atoms with E-state index in [0.717, 1.165) is 25.7 Å². The van der Waals surface area contributed by atoms with Crippen LogP contribution in [0.15, 0.2) is 0 Å². The Morgan fingerprint density at radius 1 is 1.58 bits per heavy atom. The first-order valence-corrected chi connectivity index (χ1v) is 4.31. The molecule has 1 amide bonds. The molecule has 4 heteroatoms. The Balaban J connectivity index is 2.09. The molecule has 1 N–H and O–H groups in total. The van der Waals surface area contributed by atoms with Crippen molar-refractivity contribution in [3.8, 4) is 0 Å². The second-order valence-electron chi connectivity index (χ2n) is 3.40. The van der Waals surface area contributed by atoms with Gasteiger partial charge in [-0.25, -0.2) is 0 Å². The second-order valence-corrected chi connectivity index (χ2v) is 3.40. The highest BCUT2D eigenvalue weighted by Crippen LogP contribution is 2.19. The van der Waals surface area contributed by atoms with Crippen LogP contribution in [0.3, 0.4) is 0 Å². The average Bonchev–Trinajstić information content (AvgIpc) is 2.52. The van der Waals surface area contributed by atoms with Gasteiger partial charge in [-0.1, -0.05) is 0 Å². The van der Waals surface area contributed by atoms with Gasteiger partial charge in [0.15, 0.2) is 0 Å². The lowest BCUT2D eigenvalue weighted by atomic mass is 10.1. The molecule has 2 saturated heterocycles. The molecule has 2 aliphatic heterocycles. The lowest BCUT2D eigenvalue weighted by Crippen LogP contribution is -2.58. The normalized spacial score (nSPS) is 35.8. The lowest BCUT2D eigenvalue weighted by Gasteiger charge is -2.32. The van der Waals surface area contributed by atoms with Crippen molar-refractivity contribution < 1.29 is 9.59 Å². The third-order valence-electron chi connectivity index (χ3n) is 2.59. The number of rotatable bonds is 1. The molecule has 0 radical (unpaired) electrons. The topological polar surface area (TPSA) is 49.4 Å². The first kappa shape index (κ1) is 7.73. The van der Waals surface area contributed by atoms with E-state index >= 15 is 0 Å². The zero-order chi connectivity index (χ0) is 8.55. The highest BCUT2D eigenvalue weighted by Gasteiger charge is 2.36. The van der Waals surface area contributed by atoms with Crippen molar-refractivity contribution in [3.63, 3.8) is 0 Å². The molecular formula is C8H12N2O2. The Bertz CT molecular complexity index is 217. The molecule has 2 fully saturated rings. The number of hydrogen-bond donors (Lipinski definition) is 1. The van der Waals surface area contributed by atoms with Gasteiger partial charge in [-0.05, 0) is 19.4 Å². The van der Waals surface area contributed by atoms with Crippen molar-refractivity contribution in [2.75, 3.05) is 13.1 Å². The van der Waals surface area contributed by atoms with E-state index in [4.69, 9.17) is 0 Å². The summed E-state index contributed by atoms with van der Waals surface area (Å²) in [6, 6.07) is -0.243. The molecule has 12 heavy (non-hydrogen) atoms. The zero-order valence-corrected chi connectivity index (χ0v) is 6.82. The molecule has 2 atom stereocenters. The second kappa shape index (κ2) is 2.86. The van der Waals surface area contributed by atoms with Crippen LogP contribution in [-0.4, -0.2) is 42.3 Å². The number of carbonyl (C=O) groups is 2. The minimum atomic E-state index is -0.285. The van der Waals surface area contributed by atoms with Gasteiger partial charge in [-0.2, -0.15) is 0 Å². The molecule has 0 saturated carbocycles. The highest BCUT2D eigenvalue weighted by molar-refractivity contribution is 5.86. The first-order valence-electron chi connectivity index (χ1n) is 4.31. The maximum absolute atomic E-state index is 11.3. The van der Waals surface area contributed by atoms with Gasteiger partial charge >= 0.3 is 0 Å². The van der Waals surface area contributed by atoms with E-state index in [9.17, 15) is 9.59 Å². The van der Waals surface area contributed by atoms with Gasteiger partial charge in [0, 0.05) is 6.54 Å². The summed E-state index contributed by atoms with van der Waals surface area (Å²) >= 11 is 0. The third-order valence-corrected chi connectivity index (χ3v) is 2.59. The minimum absolute atomic E-state index is 0.0239. The fraction of sp³-hybridized carbons (Fsp3) is 0.750. The van der Waals surface area contributed by atoms with E-state index in [-0.39, 0.29) is 18.0 Å². The van der Waals surface area contributed by atoms with Gasteiger partial charge in [0.1, 0.15) is 6.29 Å². The summed E-state index contributed by atoms with van der Waals surface area (Å²) in [7, 11) is 0. The quantitative estimate of drug-likeness (QED) is 0.519. The van der Waals surface area contributed by atoms with E-state index in [2.05, 4.69) is 10.2 Å². The van der Waals surface area contributed by atoms with Crippen LogP contribution < -0.4 is 5.32 Å². The minimum Gasteiger partial charge on any atom is -0.344 e. The summed E-state index contributed by atoms with van der Waals surface area (Å²) in [5, 5.41) is 2.69. The number of carbonyl (C=O) groups excluding carboxylic acids is 2. The average molecular weight is 168 g/mol. The Morgan fingerprint density at radius 2 is 2.42 bits per heavy atom. The smallest absolute Gasteiger partial charge is 0.237 e. The number of aldehydes is 1. The summed E-state index contributed by atoms with van der Waals surface area (Å²) in [6.07, 6.45) is 2.83. The number of nitrogens with one attached hydrogen (secondary N) is 1. The van der Waals surface area contributed by atoms with Gasteiger partial charge in [0.25, 0.3) is 0 Å². The van der Waals surface area contributed by atoms with E-state index in [0.29, 0.717) is 6.54 Å². The Hall–Kier alpha value is -0.900. The number of hydrogen-bond acceptors (Lipinski definition) is 3. The van der Waals surface area contributed by atoms with Crippen molar-refractivity contribution in [1.29, 1.82) is 0 Å². The molecule has 2 heterocycles. The molecule has 0 aromatic carbocycles. The third kappa shape index (κ3) is 1.12. The van der Waals surface area contributed by atoms with E-state index in [1.54, 1.807) is 0 Å². The Labute approximate surface area is 70.9 Å². The SMILES string of the molecule is O=CC1CN2CCCC2C(=O)N1. The van der Waals surface area contributed by atoms with Crippen molar-refractivity contribution in [2.45, 2.75) is 24.9 Å². The maximum atomic E-state index is 11.3. The summed E-state index contributed by atoms with van der Waals surface area (Å²) in [5.41, 5.74) is 0. The van der Waals surface area contributed by atoms with Crippen LogP contribution in [0.2, 0.25) is 0 Å². The summed E-state index contributed by atoms with van der Waals surface area (Å²) in [6.45, 7) is 1.66. The van der Waals surface area contributed by atoms with E-state index in [1.807, 2.05) is 0 Å². The lowest BCUT2D eigenvalue weighted by molar-refractivity contribution is -0.131. The summed E-state index contributed by atoms with van der Waals surface area (Å²) in [5.74, 6) is 0.0239. The van der Waals surface area contributed by atoms with E-state index in [1.165, 1.54) is 0 Å². The molecule has 0 aromatic rings. The van der Waals surface area contributed by atoms with Crippen LogP contribution in [0.25, 0.3) is 0 Å². The standard InChI is InChI=1S/C8H12N2O2/c11-5-6-4-10-3-1-2-7(10)8(12)9-6/h5-7H,1-4H2,(H,9,12). The van der Waals surface area contributed by atoms with Gasteiger partial charge in [0.2, 0.25) is 5.91 Å². The van der Waals surface area contributed by atoms with Crippen LogP contribution in [0.4, 0.5) is 0 Å². The molecule has 2 rings (SSSR count).